The van der Waals surface area contributed by atoms with Gasteiger partial charge in [-0.15, -0.1) is 0 Å². The molecule has 1 aromatic rings. The summed E-state index contributed by atoms with van der Waals surface area (Å²) in [5.74, 6) is 0.818. The molecular formula is C18H25NO3. The van der Waals surface area contributed by atoms with Crippen molar-refractivity contribution in [1.82, 2.24) is 4.90 Å². The van der Waals surface area contributed by atoms with E-state index in [0.29, 0.717) is 18.8 Å². The Bertz CT molecular complexity index is 476. The van der Waals surface area contributed by atoms with Crippen molar-refractivity contribution in [3.63, 3.8) is 0 Å². The molecule has 0 aromatic heterocycles. The smallest absolute Gasteiger partial charge is 0.410 e. The molecule has 0 spiro atoms. The number of piperidine rings is 1. The number of carbonyl (C=O) groups excluding carboxylic acids is 1. The summed E-state index contributed by atoms with van der Waals surface area (Å²) in [6.45, 7) is 4.09. The van der Waals surface area contributed by atoms with Crippen LogP contribution in [0.5, 0.6) is 0 Å². The molecule has 2 fully saturated rings. The highest BCUT2D eigenvalue weighted by Crippen LogP contribution is 2.31. The number of amides is 1. The standard InChI is InChI=1S/C18H25NO3/c1-14-11-17(12-14)22-16-7-9-19(10-8-16)18(20)21-13-15-5-3-2-4-6-15/h2-6,14,16-17H,7-13H2,1H3/t14-,17-. The minimum Gasteiger partial charge on any atom is -0.445 e. The van der Waals surface area contributed by atoms with Crippen LogP contribution in [0.3, 0.4) is 0 Å². The van der Waals surface area contributed by atoms with Crippen LogP contribution >= 0.6 is 0 Å². The van der Waals surface area contributed by atoms with E-state index in [4.69, 9.17) is 9.47 Å². The molecule has 0 unspecified atom stereocenters. The number of nitrogens with zero attached hydrogens (tertiary/aromatic N) is 1. The van der Waals surface area contributed by atoms with Gasteiger partial charge < -0.3 is 14.4 Å². The van der Waals surface area contributed by atoms with Crippen molar-refractivity contribution in [2.45, 2.75) is 51.4 Å². The lowest BCUT2D eigenvalue weighted by Crippen LogP contribution is -2.43. The highest BCUT2D eigenvalue weighted by Gasteiger charge is 2.31. The van der Waals surface area contributed by atoms with E-state index in [9.17, 15) is 4.79 Å². The Morgan fingerprint density at radius 3 is 2.45 bits per heavy atom. The summed E-state index contributed by atoms with van der Waals surface area (Å²) < 4.78 is 11.5. The first kappa shape index (κ1) is 15.3. The topological polar surface area (TPSA) is 38.8 Å². The lowest BCUT2D eigenvalue weighted by Gasteiger charge is -2.38. The van der Waals surface area contributed by atoms with Gasteiger partial charge in [-0.2, -0.15) is 0 Å². The molecule has 1 aliphatic heterocycles. The van der Waals surface area contributed by atoms with E-state index < -0.39 is 0 Å². The summed E-state index contributed by atoms with van der Waals surface area (Å²) in [6, 6.07) is 9.79. The summed E-state index contributed by atoms with van der Waals surface area (Å²) in [5, 5.41) is 0. The highest BCUT2D eigenvalue weighted by atomic mass is 16.6. The van der Waals surface area contributed by atoms with Crippen LogP contribution in [0, 0.1) is 5.92 Å². The van der Waals surface area contributed by atoms with Crippen LogP contribution in [0.25, 0.3) is 0 Å². The van der Waals surface area contributed by atoms with Gasteiger partial charge in [0.15, 0.2) is 0 Å². The Hall–Kier alpha value is -1.55. The Morgan fingerprint density at radius 1 is 1.14 bits per heavy atom. The number of likely N-dealkylation sites (tertiary alicyclic amines) is 1. The van der Waals surface area contributed by atoms with Crippen LogP contribution in [0.15, 0.2) is 30.3 Å². The van der Waals surface area contributed by atoms with E-state index in [1.54, 1.807) is 4.90 Å². The molecular weight excluding hydrogens is 278 g/mol. The predicted octanol–water partition coefficient (Wildman–Crippen LogP) is 3.60. The molecule has 2 aliphatic rings. The monoisotopic (exact) mass is 303 g/mol. The molecule has 0 N–H and O–H groups in total. The Morgan fingerprint density at radius 2 is 1.82 bits per heavy atom. The summed E-state index contributed by atoms with van der Waals surface area (Å²) in [4.78, 5) is 13.9. The van der Waals surface area contributed by atoms with Crippen LogP contribution in [0.2, 0.25) is 0 Å². The number of hydrogen-bond donors (Lipinski definition) is 0. The van der Waals surface area contributed by atoms with Crippen molar-refractivity contribution in [1.29, 1.82) is 0 Å². The van der Waals surface area contributed by atoms with Crippen LogP contribution in [-0.4, -0.2) is 36.3 Å². The van der Waals surface area contributed by atoms with Crippen molar-refractivity contribution < 1.29 is 14.3 Å². The van der Waals surface area contributed by atoms with Gasteiger partial charge in [0.1, 0.15) is 6.61 Å². The van der Waals surface area contributed by atoms with Crippen LogP contribution in [-0.2, 0) is 16.1 Å². The maximum atomic E-state index is 12.1. The summed E-state index contributed by atoms with van der Waals surface area (Å²) in [7, 11) is 0. The number of carbonyl (C=O) groups is 1. The maximum absolute atomic E-state index is 12.1. The number of hydrogen-bond acceptors (Lipinski definition) is 3. The zero-order chi connectivity index (χ0) is 15.4. The van der Waals surface area contributed by atoms with Gasteiger partial charge in [0, 0.05) is 13.1 Å². The number of benzene rings is 1. The molecule has 0 atom stereocenters. The van der Waals surface area contributed by atoms with Crippen molar-refractivity contribution >= 4 is 6.09 Å². The van der Waals surface area contributed by atoms with Gasteiger partial charge >= 0.3 is 6.09 Å². The first-order valence-electron chi connectivity index (χ1n) is 8.32. The van der Waals surface area contributed by atoms with Crippen molar-refractivity contribution in [3.05, 3.63) is 35.9 Å². The summed E-state index contributed by atoms with van der Waals surface area (Å²) in [6.07, 6.45) is 4.79. The van der Waals surface area contributed by atoms with Crippen LogP contribution in [0.4, 0.5) is 4.79 Å². The van der Waals surface area contributed by atoms with E-state index in [1.165, 1.54) is 12.8 Å². The lowest BCUT2D eigenvalue weighted by molar-refractivity contribution is -0.0891. The van der Waals surface area contributed by atoms with Crippen molar-refractivity contribution in [2.24, 2.45) is 5.92 Å². The first-order valence-corrected chi connectivity index (χ1v) is 8.32. The van der Waals surface area contributed by atoms with Crippen LogP contribution in [0.1, 0.15) is 38.2 Å². The van der Waals surface area contributed by atoms with E-state index in [0.717, 1.165) is 37.4 Å². The minimum absolute atomic E-state index is 0.209. The number of rotatable bonds is 4. The third-order valence-electron chi connectivity index (χ3n) is 4.62. The highest BCUT2D eigenvalue weighted by molar-refractivity contribution is 5.67. The van der Waals surface area contributed by atoms with Gasteiger partial charge in [0.25, 0.3) is 0 Å². The second-order valence-corrected chi connectivity index (χ2v) is 6.56. The van der Waals surface area contributed by atoms with Gasteiger partial charge in [-0.25, -0.2) is 4.79 Å². The van der Waals surface area contributed by atoms with E-state index in [-0.39, 0.29) is 6.09 Å². The Labute approximate surface area is 132 Å². The third-order valence-corrected chi connectivity index (χ3v) is 4.62. The average Bonchev–Trinajstić information content (AvgIpc) is 2.53. The van der Waals surface area contributed by atoms with Gasteiger partial charge in [0.05, 0.1) is 12.2 Å². The third kappa shape index (κ3) is 4.01. The molecule has 0 bridgehead atoms. The van der Waals surface area contributed by atoms with E-state index >= 15 is 0 Å². The molecule has 1 saturated carbocycles. The SMILES string of the molecule is C[C@H]1C[C@H](OC2CCN(C(=O)OCc3ccccc3)CC2)C1. The fourth-order valence-corrected chi connectivity index (χ4v) is 3.20. The quantitative estimate of drug-likeness (QED) is 0.853. The molecule has 1 saturated heterocycles. The molecule has 0 radical (unpaired) electrons. The van der Waals surface area contributed by atoms with E-state index in [2.05, 4.69) is 6.92 Å². The average molecular weight is 303 g/mol. The van der Waals surface area contributed by atoms with Crippen molar-refractivity contribution in [2.75, 3.05) is 13.1 Å². The molecule has 1 aliphatic carbocycles. The maximum Gasteiger partial charge on any atom is 0.410 e. The van der Waals surface area contributed by atoms with Gasteiger partial charge in [-0.1, -0.05) is 37.3 Å². The van der Waals surface area contributed by atoms with Crippen molar-refractivity contribution in [3.8, 4) is 0 Å². The van der Waals surface area contributed by atoms with Gasteiger partial charge in [-0.3, -0.25) is 0 Å². The Kier molecular flexibility index (Phi) is 4.98. The molecule has 22 heavy (non-hydrogen) atoms. The largest absolute Gasteiger partial charge is 0.445 e. The normalized spacial score (nSPS) is 25.6. The number of ether oxygens (including phenoxy) is 2. The molecule has 4 nitrogen and oxygen atoms in total. The molecule has 1 aromatic carbocycles. The fourth-order valence-electron chi connectivity index (χ4n) is 3.20. The summed E-state index contributed by atoms with van der Waals surface area (Å²) >= 11 is 0. The minimum atomic E-state index is -0.209. The zero-order valence-electron chi connectivity index (χ0n) is 13.2. The first-order chi connectivity index (χ1) is 10.7. The van der Waals surface area contributed by atoms with Gasteiger partial charge in [0.2, 0.25) is 0 Å². The second kappa shape index (κ2) is 7.14. The molecule has 1 amide bonds. The molecule has 4 heteroatoms. The molecule has 120 valence electrons. The van der Waals surface area contributed by atoms with E-state index in [1.807, 2.05) is 30.3 Å². The summed E-state index contributed by atoms with van der Waals surface area (Å²) in [5.41, 5.74) is 1.02. The zero-order valence-corrected chi connectivity index (χ0v) is 13.2. The lowest BCUT2D eigenvalue weighted by atomic mass is 9.84. The second-order valence-electron chi connectivity index (χ2n) is 6.56. The molecule has 1 heterocycles. The molecule has 3 rings (SSSR count). The van der Waals surface area contributed by atoms with Crippen LogP contribution < -0.4 is 0 Å². The predicted molar refractivity (Wildman–Crippen MR) is 84.5 cm³/mol. The van der Waals surface area contributed by atoms with Gasteiger partial charge in [-0.05, 0) is 37.2 Å². The Balaban J connectivity index is 1.36. The fraction of sp³-hybridized carbons (Fsp3) is 0.611.